The molecule has 1 N–H and O–H groups in total. The number of carbonyl (C=O) groups excluding carboxylic acids is 1. The first kappa shape index (κ1) is 20.1. The molecule has 0 unspecified atom stereocenters. The second kappa shape index (κ2) is 7.43. The van der Waals surface area contributed by atoms with Crippen molar-refractivity contribution in [3.05, 3.63) is 45.5 Å². The Morgan fingerprint density at radius 1 is 1.14 bits per heavy atom. The van der Waals surface area contributed by atoms with Crippen LogP contribution in [0.15, 0.2) is 32.0 Å². The van der Waals surface area contributed by atoms with Crippen molar-refractivity contribution in [3.63, 3.8) is 0 Å². The Hall–Kier alpha value is -2.60. The molecule has 3 aromatic rings. The zero-order valence-corrected chi connectivity index (χ0v) is 17.4. The summed E-state index contributed by atoms with van der Waals surface area (Å²) in [7, 11) is 4.01. The Morgan fingerprint density at radius 3 is 2.54 bits per heavy atom. The smallest absolute Gasteiger partial charge is 0.340 e. The maximum absolute atomic E-state index is 12.5. The number of benzene rings is 1. The van der Waals surface area contributed by atoms with Crippen molar-refractivity contribution in [2.75, 3.05) is 27.2 Å². The molecule has 0 radical (unpaired) electrons. The minimum absolute atomic E-state index is 0.00452. The molecule has 28 heavy (non-hydrogen) atoms. The van der Waals surface area contributed by atoms with Crippen LogP contribution >= 0.6 is 0 Å². The van der Waals surface area contributed by atoms with E-state index in [4.69, 9.17) is 8.83 Å². The van der Waals surface area contributed by atoms with Crippen molar-refractivity contribution in [2.24, 2.45) is 5.41 Å². The molecule has 0 spiro atoms. The monoisotopic (exact) mass is 384 g/mol. The molecule has 6 heteroatoms. The quantitative estimate of drug-likeness (QED) is 0.659. The molecule has 2 heterocycles. The van der Waals surface area contributed by atoms with E-state index in [0.29, 0.717) is 23.3 Å². The Kier molecular flexibility index (Phi) is 5.35. The average molecular weight is 384 g/mol. The molecule has 2 aromatic heterocycles. The summed E-state index contributed by atoms with van der Waals surface area (Å²) in [5, 5.41) is 4.76. The van der Waals surface area contributed by atoms with Crippen molar-refractivity contribution < 1.29 is 13.6 Å². The molecule has 150 valence electrons. The highest BCUT2D eigenvalue weighted by molar-refractivity contribution is 5.96. The lowest BCUT2D eigenvalue weighted by molar-refractivity contribution is -0.121. The Labute approximate surface area is 164 Å². The first-order chi connectivity index (χ1) is 13.1. The lowest BCUT2D eigenvalue weighted by Crippen LogP contribution is -2.40. The van der Waals surface area contributed by atoms with Crippen LogP contribution in [0.5, 0.6) is 0 Å². The fourth-order valence-electron chi connectivity index (χ4n) is 3.71. The summed E-state index contributed by atoms with van der Waals surface area (Å²) in [6.07, 6.45) is 1.69. The second-order valence-electron chi connectivity index (χ2n) is 8.61. The highest BCUT2D eigenvalue weighted by Gasteiger charge is 2.21. The SMILES string of the molecule is Cc1coc2cc3oc(=O)c(CC(=O)NCC(C)(C)CN(C)C)c(C)c3cc12. The van der Waals surface area contributed by atoms with Crippen LogP contribution in [0.3, 0.4) is 0 Å². The number of nitrogens with zero attached hydrogens (tertiary/aromatic N) is 1. The number of fused-ring (bicyclic) bond motifs is 2. The van der Waals surface area contributed by atoms with Gasteiger partial charge in [-0.1, -0.05) is 13.8 Å². The molecule has 0 aliphatic rings. The van der Waals surface area contributed by atoms with Gasteiger partial charge in [0.2, 0.25) is 5.91 Å². The normalized spacial score (nSPS) is 12.2. The second-order valence-corrected chi connectivity index (χ2v) is 8.61. The van der Waals surface area contributed by atoms with Gasteiger partial charge in [-0.15, -0.1) is 0 Å². The van der Waals surface area contributed by atoms with E-state index in [1.165, 1.54) is 0 Å². The zero-order valence-electron chi connectivity index (χ0n) is 17.4. The Balaban J connectivity index is 1.86. The lowest BCUT2D eigenvalue weighted by Gasteiger charge is -2.28. The number of aryl methyl sites for hydroxylation is 2. The van der Waals surface area contributed by atoms with E-state index in [2.05, 4.69) is 24.1 Å². The molecule has 0 bridgehead atoms. The number of hydrogen-bond acceptors (Lipinski definition) is 5. The summed E-state index contributed by atoms with van der Waals surface area (Å²) >= 11 is 0. The molecule has 0 saturated carbocycles. The van der Waals surface area contributed by atoms with Gasteiger partial charge in [0.1, 0.15) is 11.2 Å². The third kappa shape index (κ3) is 4.12. The van der Waals surface area contributed by atoms with Crippen LogP contribution in [0.2, 0.25) is 0 Å². The first-order valence-electron chi connectivity index (χ1n) is 9.43. The number of nitrogens with one attached hydrogen (secondary N) is 1. The maximum Gasteiger partial charge on any atom is 0.340 e. The molecule has 3 rings (SSSR count). The summed E-state index contributed by atoms with van der Waals surface area (Å²) in [5.74, 6) is -0.179. The van der Waals surface area contributed by atoms with E-state index in [9.17, 15) is 9.59 Å². The van der Waals surface area contributed by atoms with Gasteiger partial charge >= 0.3 is 5.63 Å². The van der Waals surface area contributed by atoms with Crippen LogP contribution in [0.1, 0.15) is 30.5 Å². The number of rotatable bonds is 6. The van der Waals surface area contributed by atoms with Gasteiger partial charge in [0, 0.05) is 29.9 Å². The lowest BCUT2D eigenvalue weighted by atomic mass is 9.93. The number of carbonyl (C=O) groups is 1. The standard InChI is InChI=1S/C22H28N2O4/c1-13-10-27-18-9-19-16(7-15(13)18)14(2)17(21(26)28-19)8-20(25)23-11-22(3,4)12-24(5)6/h7,9-10H,8,11-12H2,1-6H3,(H,23,25). The number of hydrogen-bond donors (Lipinski definition) is 1. The van der Waals surface area contributed by atoms with Crippen molar-refractivity contribution in [2.45, 2.75) is 34.1 Å². The van der Waals surface area contributed by atoms with Gasteiger partial charge in [0.25, 0.3) is 0 Å². The van der Waals surface area contributed by atoms with Crippen LogP contribution in [0.4, 0.5) is 0 Å². The molecule has 1 aromatic carbocycles. The molecule has 6 nitrogen and oxygen atoms in total. The third-order valence-corrected chi connectivity index (χ3v) is 5.02. The van der Waals surface area contributed by atoms with E-state index in [1.54, 1.807) is 12.3 Å². The Bertz CT molecular complexity index is 1090. The molecule has 0 fully saturated rings. The highest BCUT2D eigenvalue weighted by atomic mass is 16.4. The minimum Gasteiger partial charge on any atom is -0.464 e. The molecule has 1 amide bonds. The zero-order chi connectivity index (χ0) is 20.6. The highest BCUT2D eigenvalue weighted by Crippen LogP contribution is 2.28. The van der Waals surface area contributed by atoms with Crippen molar-refractivity contribution in [1.29, 1.82) is 0 Å². The first-order valence-corrected chi connectivity index (χ1v) is 9.43. The van der Waals surface area contributed by atoms with Crippen LogP contribution in [-0.4, -0.2) is 38.0 Å². The molecular formula is C22H28N2O4. The van der Waals surface area contributed by atoms with Crippen LogP contribution < -0.4 is 10.9 Å². The van der Waals surface area contributed by atoms with Crippen molar-refractivity contribution >= 4 is 27.8 Å². The van der Waals surface area contributed by atoms with Crippen LogP contribution in [-0.2, 0) is 11.2 Å². The topological polar surface area (TPSA) is 75.7 Å². The molecule has 0 saturated heterocycles. The van der Waals surface area contributed by atoms with Crippen molar-refractivity contribution in [1.82, 2.24) is 10.2 Å². The Morgan fingerprint density at radius 2 is 1.86 bits per heavy atom. The van der Waals surface area contributed by atoms with E-state index < -0.39 is 5.63 Å². The van der Waals surface area contributed by atoms with Gasteiger partial charge in [-0.3, -0.25) is 4.79 Å². The maximum atomic E-state index is 12.5. The van der Waals surface area contributed by atoms with Crippen LogP contribution in [0, 0.1) is 19.3 Å². The van der Waals surface area contributed by atoms with Gasteiger partial charge in [0.05, 0.1) is 18.2 Å². The summed E-state index contributed by atoms with van der Waals surface area (Å²) in [6, 6.07) is 3.70. The minimum atomic E-state index is -0.477. The molecule has 0 atom stereocenters. The summed E-state index contributed by atoms with van der Waals surface area (Å²) < 4.78 is 11.0. The number of amides is 1. The van der Waals surface area contributed by atoms with E-state index in [-0.39, 0.29) is 17.7 Å². The van der Waals surface area contributed by atoms with Gasteiger partial charge in [0.15, 0.2) is 0 Å². The summed E-state index contributed by atoms with van der Waals surface area (Å²) in [4.78, 5) is 27.1. The van der Waals surface area contributed by atoms with Gasteiger partial charge in [-0.2, -0.15) is 0 Å². The summed E-state index contributed by atoms with van der Waals surface area (Å²) in [6.45, 7) is 9.42. The van der Waals surface area contributed by atoms with Gasteiger partial charge < -0.3 is 19.1 Å². The fourth-order valence-corrected chi connectivity index (χ4v) is 3.71. The predicted octanol–water partition coefficient (Wildman–Crippen LogP) is 3.40. The number of furan rings is 1. The average Bonchev–Trinajstić information content (AvgIpc) is 2.95. The summed E-state index contributed by atoms with van der Waals surface area (Å²) in [5.41, 5.74) is 2.81. The predicted molar refractivity (Wildman–Crippen MR) is 111 cm³/mol. The molecule has 0 aliphatic heterocycles. The van der Waals surface area contributed by atoms with E-state index >= 15 is 0 Å². The van der Waals surface area contributed by atoms with E-state index in [1.807, 2.05) is 34.0 Å². The largest absolute Gasteiger partial charge is 0.464 e. The van der Waals surface area contributed by atoms with Gasteiger partial charge in [-0.05, 0) is 50.6 Å². The van der Waals surface area contributed by atoms with E-state index in [0.717, 1.165) is 28.4 Å². The molecular weight excluding hydrogens is 356 g/mol. The fraction of sp³-hybridized carbons (Fsp3) is 0.455. The third-order valence-electron chi connectivity index (χ3n) is 5.02. The van der Waals surface area contributed by atoms with Crippen LogP contribution in [0.25, 0.3) is 21.9 Å². The van der Waals surface area contributed by atoms with Crippen molar-refractivity contribution in [3.8, 4) is 0 Å². The molecule has 0 aliphatic carbocycles. The van der Waals surface area contributed by atoms with Gasteiger partial charge in [-0.25, -0.2) is 4.79 Å².